The number of sulfonamides is 1. The van der Waals surface area contributed by atoms with Crippen molar-refractivity contribution < 1.29 is 23.1 Å². The molecule has 10 heteroatoms. The third kappa shape index (κ3) is 6.05. The fraction of sp³-hybridized carbons (Fsp3) is 0.484. The maximum absolute atomic E-state index is 14.2. The Morgan fingerprint density at radius 3 is 2.22 bits per heavy atom. The molecule has 9 nitrogen and oxygen atoms in total. The van der Waals surface area contributed by atoms with Crippen LogP contribution in [0.15, 0.2) is 65.8 Å². The van der Waals surface area contributed by atoms with Crippen LogP contribution < -0.4 is 10.1 Å². The molecule has 0 bridgehead atoms. The molecule has 0 saturated carbocycles. The molecule has 0 unspecified atom stereocenters. The van der Waals surface area contributed by atoms with Gasteiger partial charge in [-0.25, -0.2) is 8.42 Å². The minimum atomic E-state index is -4.30. The van der Waals surface area contributed by atoms with Gasteiger partial charge in [-0.2, -0.15) is 9.40 Å². The first-order valence-corrected chi connectivity index (χ1v) is 15.2. The summed E-state index contributed by atoms with van der Waals surface area (Å²) in [5.41, 5.74) is 2.10. The van der Waals surface area contributed by atoms with Crippen LogP contribution in [0.1, 0.15) is 64.3 Å². The van der Waals surface area contributed by atoms with Gasteiger partial charge in [0.25, 0.3) is 10.0 Å². The third-order valence-electron chi connectivity index (χ3n) is 7.92. The topological polar surface area (TPSA) is 114 Å². The van der Waals surface area contributed by atoms with E-state index in [1.807, 2.05) is 63.2 Å². The first kappa shape index (κ1) is 30.7. The highest BCUT2D eigenvalue weighted by Gasteiger charge is 2.60. The van der Waals surface area contributed by atoms with Crippen LogP contribution in [0.25, 0.3) is 0 Å². The quantitative estimate of drug-likeness (QED) is 0.394. The number of benzene rings is 2. The number of nitrogens with zero attached hydrogens (tertiary/aromatic N) is 3. The number of aromatic nitrogens is 2. The van der Waals surface area contributed by atoms with Crippen LogP contribution in [0, 0.1) is 11.3 Å². The highest BCUT2D eigenvalue weighted by Crippen LogP contribution is 2.50. The van der Waals surface area contributed by atoms with Gasteiger partial charge in [-0.15, -0.1) is 0 Å². The molecule has 2 heterocycles. The summed E-state index contributed by atoms with van der Waals surface area (Å²) in [4.78, 5) is 13.0. The zero-order valence-corrected chi connectivity index (χ0v) is 25.9. The van der Waals surface area contributed by atoms with Gasteiger partial charge in [-0.3, -0.25) is 9.48 Å². The number of methoxy groups -OCH3 is 1. The van der Waals surface area contributed by atoms with Crippen molar-refractivity contribution >= 4 is 16.0 Å². The molecule has 2 aromatic carbocycles. The lowest BCUT2D eigenvalue weighted by Gasteiger charge is -2.35. The minimum absolute atomic E-state index is 0.0864. The summed E-state index contributed by atoms with van der Waals surface area (Å²) in [6.45, 7) is 12.7. The molecule has 0 amide bonds. The van der Waals surface area contributed by atoms with Gasteiger partial charge in [0.1, 0.15) is 11.8 Å². The standard InChI is InChI=1S/C31H42N4O5S/c1-30(2,3)22-14-15-23(40-8)21(18-22)19-32-26-25(31(4,5)6)28(29(36)37)35(27(26)20-12-10-9-11-13-20)41(38,39)24-16-17-34(7)33-24/h9-18,25-28,32H,19H2,1-8H3,(H,36,37)/t25-,26-,27-,28-/m0/s1. The van der Waals surface area contributed by atoms with E-state index in [1.165, 1.54) is 15.1 Å². The maximum atomic E-state index is 14.2. The smallest absolute Gasteiger partial charge is 0.322 e. The van der Waals surface area contributed by atoms with Crippen molar-refractivity contribution in [1.82, 2.24) is 19.4 Å². The molecular weight excluding hydrogens is 540 g/mol. The fourth-order valence-corrected chi connectivity index (χ4v) is 7.70. The molecule has 1 fully saturated rings. The number of rotatable bonds is 8. The lowest BCUT2D eigenvalue weighted by molar-refractivity contribution is -0.143. The summed E-state index contributed by atoms with van der Waals surface area (Å²) in [7, 11) is -1.05. The predicted octanol–water partition coefficient (Wildman–Crippen LogP) is 4.75. The molecule has 2 N–H and O–H groups in total. The van der Waals surface area contributed by atoms with E-state index in [4.69, 9.17) is 4.74 Å². The molecule has 4 rings (SSSR count). The summed E-state index contributed by atoms with van der Waals surface area (Å²) < 4.78 is 36.7. The number of ether oxygens (including phenoxy) is 1. The van der Waals surface area contributed by atoms with E-state index >= 15 is 0 Å². The minimum Gasteiger partial charge on any atom is -0.496 e. The lowest BCUT2D eigenvalue weighted by atomic mass is 9.72. The molecule has 1 aromatic heterocycles. The molecule has 41 heavy (non-hydrogen) atoms. The summed E-state index contributed by atoms with van der Waals surface area (Å²) in [5, 5.41) is 18.2. The van der Waals surface area contributed by atoms with E-state index in [1.54, 1.807) is 20.4 Å². The van der Waals surface area contributed by atoms with E-state index in [-0.39, 0.29) is 10.4 Å². The van der Waals surface area contributed by atoms with Crippen LogP contribution in [0.3, 0.4) is 0 Å². The Balaban J connectivity index is 1.89. The van der Waals surface area contributed by atoms with Crippen molar-refractivity contribution in [3.63, 3.8) is 0 Å². The summed E-state index contributed by atoms with van der Waals surface area (Å²) in [6, 6.07) is 14.1. The lowest BCUT2D eigenvalue weighted by Crippen LogP contribution is -2.48. The van der Waals surface area contributed by atoms with Crippen LogP contribution in [0.5, 0.6) is 5.75 Å². The zero-order valence-electron chi connectivity index (χ0n) is 25.1. The van der Waals surface area contributed by atoms with Crippen LogP contribution >= 0.6 is 0 Å². The van der Waals surface area contributed by atoms with Gasteiger partial charge in [-0.1, -0.05) is 84.0 Å². The Morgan fingerprint density at radius 1 is 1.05 bits per heavy atom. The Labute approximate surface area is 243 Å². The Kier molecular flexibility index (Phi) is 8.42. The van der Waals surface area contributed by atoms with Crippen LogP contribution in [-0.4, -0.2) is 52.8 Å². The Morgan fingerprint density at radius 2 is 1.71 bits per heavy atom. The summed E-state index contributed by atoms with van der Waals surface area (Å²) >= 11 is 0. The van der Waals surface area contributed by atoms with Gasteiger partial charge in [0.2, 0.25) is 0 Å². The summed E-state index contributed by atoms with van der Waals surface area (Å²) in [5.74, 6) is -1.07. The second kappa shape index (κ2) is 11.2. The molecule has 0 aliphatic carbocycles. The molecule has 4 atom stereocenters. The second-order valence-electron chi connectivity index (χ2n) is 12.9. The fourth-order valence-electron chi connectivity index (χ4n) is 5.95. The number of carbonyl (C=O) groups is 1. The molecule has 222 valence electrons. The SMILES string of the molecule is COc1ccc(C(C)(C)C)cc1CN[C@H]1[C@H](C(C)(C)C)[C@@H](C(=O)O)N(S(=O)(=O)c2ccn(C)n2)[C@H]1c1ccccc1. The molecule has 0 spiro atoms. The number of nitrogens with one attached hydrogen (secondary N) is 1. The van der Waals surface area contributed by atoms with Gasteiger partial charge in [0, 0.05) is 37.3 Å². The van der Waals surface area contributed by atoms with Gasteiger partial charge in [-0.05, 0) is 34.1 Å². The van der Waals surface area contributed by atoms with Gasteiger partial charge < -0.3 is 15.2 Å². The van der Waals surface area contributed by atoms with Gasteiger partial charge >= 0.3 is 5.97 Å². The zero-order chi connectivity index (χ0) is 30.3. The monoisotopic (exact) mass is 582 g/mol. The number of aryl methyl sites for hydroxylation is 1. The van der Waals surface area contributed by atoms with E-state index < -0.39 is 45.5 Å². The van der Waals surface area contributed by atoms with Crippen molar-refractivity contribution in [3.05, 3.63) is 77.5 Å². The highest BCUT2D eigenvalue weighted by molar-refractivity contribution is 7.89. The average molecular weight is 583 g/mol. The first-order valence-electron chi connectivity index (χ1n) is 13.8. The van der Waals surface area contributed by atoms with Gasteiger partial charge in [0.05, 0.1) is 13.2 Å². The number of carboxylic acids is 1. The Hall–Kier alpha value is -3.21. The molecular formula is C31H42N4O5S. The molecule has 1 saturated heterocycles. The molecule has 3 aromatic rings. The van der Waals surface area contributed by atoms with Crippen LogP contribution in [0.4, 0.5) is 0 Å². The van der Waals surface area contributed by atoms with Crippen LogP contribution in [0.2, 0.25) is 0 Å². The second-order valence-corrected chi connectivity index (χ2v) is 14.7. The van der Waals surface area contributed by atoms with Crippen molar-refractivity contribution in [3.8, 4) is 5.75 Å². The predicted molar refractivity (Wildman–Crippen MR) is 158 cm³/mol. The summed E-state index contributed by atoms with van der Waals surface area (Å²) in [6.07, 6.45) is 1.54. The van der Waals surface area contributed by atoms with E-state index in [9.17, 15) is 18.3 Å². The number of aliphatic carboxylic acids is 1. The first-order chi connectivity index (χ1) is 19.1. The number of hydrogen-bond donors (Lipinski definition) is 2. The van der Waals surface area contributed by atoms with E-state index in [0.717, 1.165) is 11.1 Å². The highest BCUT2D eigenvalue weighted by atomic mass is 32.2. The van der Waals surface area contributed by atoms with Crippen molar-refractivity contribution in [2.24, 2.45) is 18.4 Å². The van der Waals surface area contributed by atoms with Crippen LogP contribution in [-0.2, 0) is 33.8 Å². The molecule has 1 aliphatic rings. The Bertz CT molecular complexity index is 1490. The number of hydrogen-bond acceptors (Lipinski definition) is 6. The third-order valence-corrected chi connectivity index (χ3v) is 9.67. The number of carboxylic acid groups (broad SMARTS) is 1. The largest absolute Gasteiger partial charge is 0.496 e. The van der Waals surface area contributed by atoms with Crippen molar-refractivity contribution in [1.29, 1.82) is 0 Å². The van der Waals surface area contributed by atoms with Gasteiger partial charge in [0.15, 0.2) is 5.03 Å². The molecule has 0 radical (unpaired) electrons. The van der Waals surface area contributed by atoms with Crippen molar-refractivity contribution in [2.75, 3.05) is 7.11 Å². The normalized spacial score (nSPS) is 22.1. The van der Waals surface area contributed by atoms with E-state index in [0.29, 0.717) is 17.9 Å². The van der Waals surface area contributed by atoms with E-state index in [2.05, 4.69) is 37.3 Å². The average Bonchev–Trinajstić information content (AvgIpc) is 3.49. The molecule has 1 aliphatic heterocycles. The van der Waals surface area contributed by atoms with Crippen molar-refractivity contribution in [2.45, 2.75) is 76.7 Å². The maximum Gasteiger partial charge on any atom is 0.322 e.